The molecule has 0 radical (unpaired) electrons. The van der Waals surface area contributed by atoms with Gasteiger partial charge in [0.05, 0.1) is 24.9 Å². The molecule has 0 spiro atoms. The van der Waals surface area contributed by atoms with Crippen molar-refractivity contribution in [1.29, 1.82) is 0 Å². The van der Waals surface area contributed by atoms with Gasteiger partial charge in [-0.05, 0) is 70.6 Å². The van der Waals surface area contributed by atoms with Gasteiger partial charge in [0.1, 0.15) is 0 Å². The molecule has 0 bridgehead atoms. The standard InChI is InChI=1S/C23H30N4O3/c1-15-13-24-14-16(2)21(15)25-18-12-20(28)26-22-17(18)8-9-19(29-5)23(22)30-11-7-6-10-27(3)4/h8-9,12-14H,6-7,10-11H2,1-5H3,(H2,24,25,26,28). The fourth-order valence-electron chi connectivity index (χ4n) is 3.42. The van der Waals surface area contributed by atoms with Crippen LogP contribution in [0.2, 0.25) is 0 Å². The number of hydrogen-bond acceptors (Lipinski definition) is 6. The minimum atomic E-state index is -0.208. The summed E-state index contributed by atoms with van der Waals surface area (Å²) in [5, 5.41) is 4.27. The lowest BCUT2D eigenvalue weighted by Gasteiger charge is -2.17. The molecule has 3 rings (SSSR count). The fourth-order valence-corrected chi connectivity index (χ4v) is 3.42. The van der Waals surface area contributed by atoms with Crippen LogP contribution in [0.1, 0.15) is 24.0 Å². The molecular formula is C23H30N4O3. The van der Waals surface area contributed by atoms with E-state index in [1.807, 2.05) is 26.0 Å². The van der Waals surface area contributed by atoms with E-state index < -0.39 is 0 Å². The number of fused-ring (bicyclic) bond motifs is 1. The number of aryl methyl sites for hydroxylation is 2. The van der Waals surface area contributed by atoms with Crippen molar-refractivity contribution in [2.24, 2.45) is 0 Å². The second kappa shape index (κ2) is 9.63. The van der Waals surface area contributed by atoms with E-state index in [1.165, 1.54) is 0 Å². The number of nitrogens with zero attached hydrogens (tertiary/aromatic N) is 2. The minimum Gasteiger partial charge on any atom is -0.493 e. The second-order valence-corrected chi connectivity index (χ2v) is 7.70. The van der Waals surface area contributed by atoms with E-state index in [0.717, 1.165) is 41.6 Å². The third-order valence-corrected chi connectivity index (χ3v) is 4.99. The van der Waals surface area contributed by atoms with E-state index in [2.05, 4.69) is 34.3 Å². The van der Waals surface area contributed by atoms with Gasteiger partial charge in [0.2, 0.25) is 0 Å². The number of unbranched alkanes of at least 4 members (excludes halogenated alkanes) is 1. The first-order chi connectivity index (χ1) is 14.4. The van der Waals surface area contributed by atoms with Gasteiger partial charge < -0.3 is 24.7 Å². The van der Waals surface area contributed by atoms with Crippen molar-refractivity contribution in [2.45, 2.75) is 26.7 Å². The zero-order valence-electron chi connectivity index (χ0n) is 18.3. The first-order valence-electron chi connectivity index (χ1n) is 10.1. The number of pyridine rings is 2. The van der Waals surface area contributed by atoms with Gasteiger partial charge in [-0.2, -0.15) is 0 Å². The average Bonchev–Trinajstić information content (AvgIpc) is 2.70. The Balaban J connectivity index is 1.98. The van der Waals surface area contributed by atoms with Gasteiger partial charge in [-0.3, -0.25) is 9.78 Å². The maximum Gasteiger partial charge on any atom is 0.250 e. The molecule has 3 aromatic rings. The summed E-state index contributed by atoms with van der Waals surface area (Å²) in [6.07, 6.45) is 5.55. The smallest absolute Gasteiger partial charge is 0.250 e. The largest absolute Gasteiger partial charge is 0.493 e. The molecular weight excluding hydrogens is 380 g/mol. The molecule has 2 heterocycles. The van der Waals surface area contributed by atoms with Crippen LogP contribution in [0.4, 0.5) is 11.4 Å². The molecule has 0 aliphatic heterocycles. The number of aromatic amines is 1. The summed E-state index contributed by atoms with van der Waals surface area (Å²) in [6, 6.07) is 5.36. The predicted octanol–water partition coefficient (Wildman–Crippen LogP) is 4.01. The number of anilines is 2. The molecule has 2 aromatic heterocycles. The molecule has 7 heteroatoms. The topological polar surface area (TPSA) is 79.5 Å². The lowest BCUT2D eigenvalue weighted by molar-refractivity contribution is 0.280. The zero-order chi connectivity index (χ0) is 21.7. The Hall–Kier alpha value is -3.06. The zero-order valence-corrected chi connectivity index (χ0v) is 18.3. The van der Waals surface area contributed by atoms with Gasteiger partial charge in [-0.25, -0.2) is 0 Å². The molecule has 1 aromatic carbocycles. The highest BCUT2D eigenvalue weighted by molar-refractivity contribution is 5.97. The third-order valence-electron chi connectivity index (χ3n) is 4.99. The Labute approximate surface area is 177 Å². The summed E-state index contributed by atoms with van der Waals surface area (Å²) in [4.78, 5) is 21.7. The van der Waals surface area contributed by atoms with E-state index >= 15 is 0 Å². The summed E-state index contributed by atoms with van der Waals surface area (Å²) in [7, 11) is 5.71. The highest BCUT2D eigenvalue weighted by Crippen LogP contribution is 2.37. The number of aromatic nitrogens is 2. The van der Waals surface area contributed by atoms with Crippen LogP contribution in [0.15, 0.2) is 35.4 Å². The van der Waals surface area contributed by atoms with Crippen molar-refractivity contribution < 1.29 is 9.47 Å². The molecule has 30 heavy (non-hydrogen) atoms. The first-order valence-corrected chi connectivity index (χ1v) is 10.1. The van der Waals surface area contributed by atoms with Crippen LogP contribution in [-0.4, -0.2) is 49.2 Å². The Morgan fingerprint density at radius 3 is 2.53 bits per heavy atom. The highest BCUT2D eigenvalue weighted by atomic mass is 16.5. The summed E-state index contributed by atoms with van der Waals surface area (Å²) in [6.45, 7) is 5.53. The third kappa shape index (κ3) is 4.91. The van der Waals surface area contributed by atoms with E-state index in [0.29, 0.717) is 29.3 Å². The molecule has 0 atom stereocenters. The molecule has 0 unspecified atom stereocenters. The second-order valence-electron chi connectivity index (χ2n) is 7.70. The Morgan fingerprint density at radius 2 is 1.87 bits per heavy atom. The summed E-state index contributed by atoms with van der Waals surface area (Å²) < 4.78 is 11.6. The summed E-state index contributed by atoms with van der Waals surface area (Å²) in [5.74, 6) is 1.16. The molecule has 2 N–H and O–H groups in total. The molecule has 0 amide bonds. The SMILES string of the molecule is COc1ccc2c(Nc3c(C)cncc3C)cc(=O)[nH]c2c1OCCCCN(C)C. The molecule has 0 fully saturated rings. The van der Waals surface area contributed by atoms with Crippen molar-refractivity contribution in [2.75, 3.05) is 39.7 Å². The molecule has 0 saturated carbocycles. The van der Waals surface area contributed by atoms with E-state index in [1.54, 1.807) is 25.6 Å². The van der Waals surface area contributed by atoms with Crippen LogP contribution in [0.3, 0.4) is 0 Å². The minimum absolute atomic E-state index is 0.208. The van der Waals surface area contributed by atoms with Crippen LogP contribution < -0.4 is 20.3 Å². The Morgan fingerprint density at radius 1 is 1.13 bits per heavy atom. The molecule has 0 saturated heterocycles. The number of rotatable bonds is 9. The van der Waals surface area contributed by atoms with Crippen LogP contribution in [0.5, 0.6) is 11.5 Å². The van der Waals surface area contributed by atoms with E-state index in [4.69, 9.17) is 9.47 Å². The summed E-state index contributed by atoms with van der Waals surface area (Å²) >= 11 is 0. The Bertz CT molecular complexity index is 1060. The first kappa shape index (κ1) is 21.6. The highest BCUT2D eigenvalue weighted by Gasteiger charge is 2.15. The normalized spacial score (nSPS) is 11.1. The maximum absolute atomic E-state index is 12.5. The van der Waals surface area contributed by atoms with Crippen LogP contribution in [0, 0.1) is 13.8 Å². The monoisotopic (exact) mass is 410 g/mol. The molecule has 0 aliphatic carbocycles. The number of hydrogen-bond donors (Lipinski definition) is 2. The van der Waals surface area contributed by atoms with E-state index in [9.17, 15) is 4.79 Å². The van der Waals surface area contributed by atoms with Gasteiger partial charge in [0.15, 0.2) is 11.5 Å². The maximum atomic E-state index is 12.5. The van der Waals surface area contributed by atoms with Crippen LogP contribution in [-0.2, 0) is 0 Å². The van der Waals surface area contributed by atoms with Crippen molar-refractivity contribution in [3.05, 3.63) is 52.1 Å². The van der Waals surface area contributed by atoms with Gasteiger partial charge in [-0.15, -0.1) is 0 Å². The van der Waals surface area contributed by atoms with Crippen molar-refractivity contribution in [3.8, 4) is 11.5 Å². The number of H-pyrrole nitrogens is 1. The van der Waals surface area contributed by atoms with Gasteiger partial charge >= 0.3 is 0 Å². The average molecular weight is 411 g/mol. The van der Waals surface area contributed by atoms with Crippen molar-refractivity contribution >= 4 is 22.3 Å². The van der Waals surface area contributed by atoms with Crippen molar-refractivity contribution in [1.82, 2.24) is 14.9 Å². The lowest BCUT2D eigenvalue weighted by Crippen LogP contribution is -2.14. The van der Waals surface area contributed by atoms with Gasteiger partial charge in [-0.1, -0.05) is 0 Å². The number of benzene rings is 1. The molecule has 0 aliphatic rings. The fraction of sp³-hybridized carbons (Fsp3) is 0.391. The number of ether oxygens (including phenoxy) is 2. The predicted molar refractivity (Wildman–Crippen MR) is 121 cm³/mol. The van der Waals surface area contributed by atoms with Gasteiger partial charge in [0.25, 0.3) is 5.56 Å². The quantitative estimate of drug-likeness (QED) is 0.519. The van der Waals surface area contributed by atoms with Crippen LogP contribution in [0.25, 0.3) is 10.9 Å². The lowest BCUT2D eigenvalue weighted by atomic mass is 10.1. The van der Waals surface area contributed by atoms with Gasteiger partial charge in [0, 0.05) is 29.5 Å². The molecule has 160 valence electrons. The summed E-state index contributed by atoms with van der Waals surface area (Å²) in [5.41, 5.74) is 4.09. The number of nitrogens with one attached hydrogen (secondary N) is 2. The van der Waals surface area contributed by atoms with Crippen LogP contribution >= 0.6 is 0 Å². The van der Waals surface area contributed by atoms with Crippen molar-refractivity contribution in [3.63, 3.8) is 0 Å². The van der Waals surface area contributed by atoms with E-state index in [-0.39, 0.29) is 5.56 Å². The number of methoxy groups -OCH3 is 1. The Kier molecular flexibility index (Phi) is 6.95. The molecule has 7 nitrogen and oxygen atoms in total.